The highest BCUT2D eigenvalue weighted by Gasteiger charge is 2.37. The fourth-order valence-corrected chi connectivity index (χ4v) is 3.23. The molecule has 0 aliphatic carbocycles. The summed E-state index contributed by atoms with van der Waals surface area (Å²) in [5.74, 6) is -0.130. The van der Waals surface area contributed by atoms with Crippen LogP contribution in [0.3, 0.4) is 0 Å². The number of benzene rings is 1. The molecule has 24 heavy (non-hydrogen) atoms. The smallest absolute Gasteiger partial charge is 0.227 e. The molecule has 1 atom stereocenters. The lowest BCUT2D eigenvalue weighted by molar-refractivity contribution is -0.154. The molecule has 2 aliphatic rings. The summed E-state index contributed by atoms with van der Waals surface area (Å²) in [6.07, 6.45) is 1.04. The summed E-state index contributed by atoms with van der Waals surface area (Å²) in [5, 5.41) is 0. The molecule has 0 bridgehead atoms. The zero-order chi connectivity index (χ0) is 17.1. The van der Waals surface area contributed by atoms with Gasteiger partial charge in [0, 0.05) is 38.2 Å². The fourth-order valence-electron chi connectivity index (χ4n) is 3.23. The maximum absolute atomic E-state index is 13.5. The number of rotatable bonds is 5. The molecule has 2 saturated heterocycles. The van der Waals surface area contributed by atoms with E-state index in [1.807, 2.05) is 6.92 Å². The molecule has 2 aliphatic heterocycles. The van der Waals surface area contributed by atoms with Crippen molar-refractivity contribution in [2.45, 2.75) is 32.5 Å². The lowest BCUT2D eigenvalue weighted by atomic mass is 9.94. The number of hydrogen-bond donors (Lipinski definition) is 0. The van der Waals surface area contributed by atoms with Crippen LogP contribution in [0.25, 0.3) is 0 Å². The number of nitrogens with zero attached hydrogens (tertiary/aromatic N) is 2. The molecule has 0 aromatic heterocycles. The first kappa shape index (κ1) is 16.9. The van der Waals surface area contributed by atoms with Crippen molar-refractivity contribution in [2.24, 2.45) is 5.92 Å². The van der Waals surface area contributed by atoms with Crippen molar-refractivity contribution in [3.63, 3.8) is 0 Å². The highest BCUT2D eigenvalue weighted by molar-refractivity contribution is 5.84. The van der Waals surface area contributed by atoms with Crippen molar-refractivity contribution in [1.29, 1.82) is 0 Å². The fraction of sp³-hybridized carbons (Fsp3) is 0.556. The third kappa shape index (κ3) is 3.59. The number of halogens is 1. The maximum atomic E-state index is 13.5. The minimum Gasteiger partial charge on any atom is -0.370 e. The molecule has 0 N–H and O–H groups in total. The first-order valence-electron chi connectivity index (χ1n) is 8.50. The average molecular weight is 334 g/mol. The molecule has 130 valence electrons. The molecule has 0 unspecified atom stereocenters. The van der Waals surface area contributed by atoms with Gasteiger partial charge in [-0.05, 0) is 19.4 Å². The minimum absolute atomic E-state index is 0.0407. The van der Waals surface area contributed by atoms with Crippen molar-refractivity contribution in [1.82, 2.24) is 9.80 Å². The molecular formula is C18H23FN2O3. The van der Waals surface area contributed by atoms with Gasteiger partial charge in [-0.15, -0.1) is 0 Å². The second-order valence-electron chi connectivity index (χ2n) is 6.44. The zero-order valence-corrected chi connectivity index (χ0v) is 13.9. The molecule has 3 rings (SSSR count). The Bertz CT molecular complexity index is 616. The van der Waals surface area contributed by atoms with E-state index in [0.29, 0.717) is 44.6 Å². The predicted molar refractivity (Wildman–Crippen MR) is 86.5 cm³/mol. The van der Waals surface area contributed by atoms with Crippen LogP contribution in [-0.2, 0) is 20.9 Å². The molecule has 5 nitrogen and oxygen atoms in total. The first-order valence-corrected chi connectivity index (χ1v) is 8.50. The van der Waals surface area contributed by atoms with E-state index in [-0.39, 0.29) is 36.3 Å². The van der Waals surface area contributed by atoms with Gasteiger partial charge in [0.1, 0.15) is 5.82 Å². The largest absolute Gasteiger partial charge is 0.370 e. The van der Waals surface area contributed by atoms with E-state index in [1.54, 1.807) is 28.0 Å². The Balaban J connectivity index is 1.44. The third-order valence-corrected chi connectivity index (χ3v) is 4.82. The van der Waals surface area contributed by atoms with E-state index in [1.165, 1.54) is 6.07 Å². The van der Waals surface area contributed by atoms with Gasteiger partial charge in [0.2, 0.25) is 11.8 Å². The summed E-state index contributed by atoms with van der Waals surface area (Å²) >= 11 is 0. The SMILES string of the molecule is CCN1C[C@@H](C(=O)N2CC(OCc3ccccc3F)C2)CCC1=O. The van der Waals surface area contributed by atoms with Gasteiger partial charge in [-0.25, -0.2) is 4.39 Å². The lowest BCUT2D eigenvalue weighted by Gasteiger charge is -2.42. The van der Waals surface area contributed by atoms with Crippen molar-refractivity contribution in [3.8, 4) is 0 Å². The Labute approximate surface area is 141 Å². The summed E-state index contributed by atoms with van der Waals surface area (Å²) in [5.41, 5.74) is 0.534. The highest BCUT2D eigenvalue weighted by atomic mass is 19.1. The quantitative estimate of drug-likeness (QED) is 0.825. The van der Waals surface area contributed by atoms with Gasteiger partial charge < -0.3 is 14.5 Å². The average Bonchev–Trinajstić information content (AvgIpc) is 2.55. The Morgan fingerprint density at radius 1 is 1.29 bits per heavy atom. The molecule has 2 heterocycles. The Morgan fingerprint density at radius 3 is 2.75 bits per heavy atom. The Morgan fingerprint density at radius 2 is 2.04 bits per heavy atom. The Kier molecular flexibility index (Phi) is 5.14. The van der Waals surface area contributed by atoms with Gasteiger partial charge >= 0.3 is 0 Å². The van der Waals surface area contributed by atoms with E-state index in [0.717, 1.165) is 0 Å². The van der Waals surface area contributed by atoms with E-state index in [2.05, 4.69) is 0 Å². The molecule has 0 spiro atoms. The Hall–Kier alpha value is -1.95. The van der Waals surface area contributed by atoms with Crippen LogP contribution in [0.15, 0.2) is 24.3 Å². The lowest BCUT2D eigenvalue weighted by Crippen LogP contribution is -2.58. The number of hydrogen-bond acceptors (Lipinski definition) is 3. The second kappa shape index (κ2) is 7.30. The first-order chi connectivity index (χ1) is 11.6. The van der Waals surface area contributed by atoms with E-state index >= 15 is 0 Å². The topological polar surface area (TPSA) is 49.9 Å². The van der Waals surface area contributed by atoms with E-state index in [4.69, 9.17) is 4.74 Å². The number of ether oxygens (including phenoxy) is 1. The second-order valence-corrected chi connectivity index (χ2v) is 6.44. The maximum Gasteiger partial charge on any atom is 0.227 e. The predicted octanol–water partition coefficient (Wildman–Crippen LogP) is 1.81. The summed E-state index contributed by atoms with van der Waals surface area (Å²) in [6, 6.07) is 6.55. The summed E-state index contributed by atoms with van der Waals surface area (Å²) in [4.78, 5) is 27.7. The molecule has 1 aromatic carbocycles. The molecule has 0 saturated carbocycles. The van der Waals surface area contributed by atoms with Crippen LogP contribution in [0.2, 0.25) is 0 Å². The van der Waals surface area contributed by atoms with Crippen LogP contribution >= 0.6 is 0 Å². The number of piperidine rings is 1. The van der Waals surface area contributed by atoms with Gasteiger partial charge in [0.25, 0.3) is 0 Å². The number of amides is 2. The van der Waals surface area contributed by atoms with Gasteiger partial charge in [-0.2, -0.15) is 0 Å². The van der Waals surface area contributed by atoms with Gasteiger partial charge in [0.05, 0.1) is 18.6 Å². The zero-order valence-electron chi connectivity index (χ0n) is 13.9. The summed E-state index contributed by atoms with van der Waals surface area (Å²) < 4.78 is 19.2. The molecule has 2 fully saturated rings. The third-order valence-electron chi connectivity index (χ3n) is 4.82. The molecule has 6 heteroatoms. The van der Waals surface area contributed by atoms with Crippen molar-refractivity contribution < 1.29 is 18.7 Å². The van der Waals surface area contributed by atoms with Crippen LogP contribution in [0.4, 0.5) is 4.39 Å². The van der Waals surface area contributed by atoms with Crippen LogP contribution in [-0.4, -0.2) is 53.9 Å². The minimum atomic E-state index is -0.267. The molecular weight excluding hydrogens is 311 g/mol. The van der Waals surface area contributed by atoms with Crippen molar-refractivity contribution >= 4 is 11.8 Å². The van der Waals surface area contributed by atoms with Gasteiger partial charge in [0.15, 0.2) is 0 Å². The van der Waals surface area contributed by atoms with Crippen LogP contribution in [0.5, 0.6) is 0 Å². The van der Waals surface area contributed by atoms with Gasteiger partial charge in [-0.3, -0.25) is 9.59 Å². The van der Waals surface area contributed by atoms with Crippen LogP contribution in [0.1, 0.15) is 25.3 Å². The molecule has 0 radical (unpaired) electrons. The number of likely N-dealkylation sites (tertiary alicyclic amines) is 2. The van der Waals surface area contributed by atoms with E-state index < -0.39 is 0 Å². The summed E-state index contributed by atoms with van der Waals surface area (Å²) in [7, 11) is 0. The monoisotopic (exact) mass is 334 g/mol. The summed E-state index contributed by atoms with van der Waals surface area (Å²) in [6.45, 7) is 4.41. The van der Waals surface area contributed by atoms with Gasteiger partial charge in [-0.1, -0.05) is 18.2 Å². The van der Waals surface area contributed by atoms with Crippen molar-refractivity contribution in [3.05, 3.63) is 35.6 Å². The number of carbonyl (C=O) groups is 2. The standard InChI is InChI=1S/C18H23FN2O3/c1-2-20-9-13(7-8-17(20)22)18(23)21-10-15(11-21)24-12-14-5-3-4-6-16(14)19/h3-6,13,15H,2,7-12H2,1H3/t13-/m0/s1. The number of carbonyl (C=O) groups excluding carboxylic acids is 2. The van der Waals surface area contributed by atoms with Crippen LogP contribution < -0.4 is 0 Å². The van der Waals surface area contributed by atoms with E-state index in [9.17, 15) is 14.0 Å². The normalized spacial score (nSPS) is 21.8. The van der Waals surface area contributed by atoms with Crippen molar-refractivity contribution in [2.75, 3.05) is 26.2 Å². The molecule has 1 aromatic rings. The van der Waals surface area contributed by atoms with Crippen LogP contribution in [0, 0.1) is 11.7 Å². The highest BCUT2D eigenvalue weighted by Crippen LogP contribution is 2.23. The molecule has 2 amide bonds.